The molecular weight excluding hydrogens is 247 g/mol. The minimum Gasteiger partial charge on any atom is -0.282 e. The van der Waals surface area contributed by atoms with E-state index >= 15 is 0 Å². The first-order valence-electron chi connectivity index (χ1n) is 5.08. The molecule has 0 aromatic heterocycles. The third kappa shape index (κ3) is 2.04. The van der Waals surface area contributed by atoms with Crippen molar-refractivity contribution in [3.05, 3.63) is 41.5 Å². The average Bonchev–Trinajstić information content (AvgIpc) is 2.63. The van der Waals surface area contributed by atoms with Crippen LogP contribution < -0.4 is 29.6 Å². The SMILES string of the molecule is O=S(=O)(O)c1ccc2cccc3c2c1CC3.[Na+]. The van der Waals surface area contributed by atoms with E-state index in [-0.39, 0.29) is 34.5 Å². The fourth-order valence-electron chi connectivity index (χ4n) is 2.47. The van der Waals surface area contributed by atoms with Crippen LogP contribution in [0.5, 0.6) is 0 Å². The van der Waals surface area contributed by atoms with Crippen molar-refractivity contribution < 1.29 is 42.5 Å². The molecule has 0 heterocycles. The van der Waals surface area contributed by atoms with E-state index in [2.05, 4.69) is 0 Å². The largest absolute Gasteiger partial charge is 1.00 e. The van der Waals surface area contributed by atoms with Gasteiger partial charge >= 0.3 is 29.6 Å². The van der Waals surface area contributed by atoms with Crippen LogP contribution >= 0.6 is 0 Å². The van der Waals surface area contributed by atoms with Gasteiger partial charge in [0.15, 0.2) is 0 Å². The van der Waals surface area contributed by atoms with E-state index < -0.39 is 10.1 Å². The maximum atomic E-state index is 11.2. The molecule has 0 radical (unpaired) electrons. The quantitative estimate of drug-likeness (QED) is 0.537. The Balaban J connectivity index is 0.00000108. The Morgan fingerprint density at radius 3 is 2.53 bits per heavy atom. The molecule has 0 amide bonds. The summed E-state index contributed by atoms with van der Waals surface area (Å²) in [5.74, 6) is 0. The van der Waals surface area contributed by atoms with Gasteiger partial charge in [0.1, 0.15) is 0 Å². The first kappa shape index (κ1) is 13.1. The van der Waals surface area contributed by atoms with Crippen LogP contribution in [0.3, 0.4) is 0 Å². The molecular formula is C12H10NaO3S+. The second kappa shape index (κ2) is 4.37. The fourth-order valence-corrected chi connectivity index (χ4v) is 3.23. The first-order chi connectivity index (χ1) is 7.57. The zero-order chi connectivity index (χ0) is 11.3. The van der Waals surface area contributed by atoms with Crippen molar-refractivity contribution in [3.63, 3.8) is 0 Å². The summed E-state index contributed by atoms with van der Waals surface area (Å²) in [4.78, 5) is 0.0601. The van der Waals surface area contributed by atoms with Crippen molar-refractivity contribution in [2.24, 2.45) is 0 Å². The second-order valence-electron chi connectivity index (χ2n) is 4.03. The zero-order valence-corrected chi connectivity index (χ0v) is 12.3. The summed E-state index contributed by atoms with van der Waals surface area (Å²) in [7, 11) is -4.10. The molecule has 1 N–H and O–H groups in total. The smallest absolute Gasteiger partial charge is 0.282 e. The Morgan fingerprint density at radius 2 is 1.82 bits per heavy atom. The number of rotatable bonds is 1. The van der Waals surface area contributed by atoms with Gasteiger partial charge in [0.25, 0.3) is 10.1 Å². The molecule has 1 aliphatic carbocycles. The normalized spacial score (nSPS) is 13.7. The molecule has 2 aromatic carbocycles. The van der Waals surface area contributed by atoms with Gasteiger partial charge in [-0.3, -0.25) is 4.55 Å². The molecule has 3 nitrogen and oxygen atoms in total. The van der Waals surface area contributed by atoms with Gasteiger partial charge in [-0.15, -0.1) is 0 Å². The van der Waals surface area contributed by atoms with Crippen LogP contribution in [0.25, 0.3) is 10.8 Å². The van der Waals surface area contributed by atoms with Crippen molar-refractivity contribution >= 4 is 20.9 Å². The Bertz CT molecular complexity index is 692. The van der Waals surface area contributed by atoms with Crippen molar-refractivity contribution in [3.8, 4) is 0 Å². The molecule has 2 aromatic rings. The number of hydrogen-bond donors (Lipinski definition) is 1. The molecule has 5 heteroatoms. The third-order valence-corrected chi connectivity index (χ3v) is 4.06. The Hall–Kier alpha value is -0.390. The van der Waals surface area contributed by atoms with Crippen LogP contribution in [0.15, 0.2) is 35.2 Å². The summed E-state index contributed by atoms with van der Waals surface area (Å²) >= 11 is 0. The summed E-state index contributed by atoms with van der Waals surface area (Å²) in [6.45, 7) is 0. The Kier molecular flexibility index (Phi) is 3.36. The predicted molar refractivity (Wildman–Crippen MR) is 61.2 cm³/mol. The summed E-state index contributed by atoms with van der Waals surface area (Å²) < 4.78 is 31.6. The van der Waals surface area contributed by atoms with Crippen molar-refractivity contribution in [1.82, 2.24) is 0 Å². The van der Waals surface area contributed by atoms with Gasteiger partial charge in [-0.25, -0.2) is 0 Å². The standard InChI is InChI=1S/C12H10O3S.Na/c13-16(14,15)11-7-5-9-3-1-2-8-4-6-10(11)12(8)9;/h1-3,5,7H,4,6H2,(H,13,14,15);/q;+1. The fraction of sp³-hybridized carbons (Fsp3) is 0.167. The van der Waals surface area contributed by atoms with E-state index in [9.17, 15) is 8.42 Å². The van der Waals surface area contributed by atoms with E-state index in [0.717, 1.165) is 28.3 Å². The summed E-state index contributed by atoms with van der Waals surface area (Å²) in [5.41, 5.74) is 1.92. The molecule has 0 atom stereocenters. The van der Waals surface area contributed by atoms with E-state index in [1.54, 1.807) is 6.07 Å². The third-order valence-electron chi connectivity index (χ3n) is 3.12. The van der Waals surface area contributed by atoms with E-state index in [4.69, 9.17) is 4.55 Å². The topological polar surface area (TPSA) is 54.4 Å². The second-order valence-corrected chi connectivity index (χ2v) is 5.42. The summed E-state index contributed by atoms with van der Waals surface area (Å²) in [5, 5.41) is 2.04. The molecule has 17 heavy (non-hydrogen) atoms. The molecule has 1 aliphatic rings. The zero-order valence-electron chi connectivity index (χ0n) is 9.47. The van der Waals surface area contributed by atoms with Crippen molar-refractivity contribution in [1.29, 1.82) is 0 Å². The Morgan fingerprint density at radius 1 is 1.06 bits per heavy atom. The summed E-state index contributed by atoms with van der Waals surface area (Å²) in [6, 6.07) is 9.17. The van der Waals surface area contributed by atoms with Gasteiger partial charge in [-0.05, 0) is 40.8 Å². The van der Waals surface area contributed by atoms with E-state index in [0.29, 0.717) is 6.42 Å². The molecule has 0 saturated heterocycles. The maximum Gasteiger partial charge on any atom is 1.00 e. The van der Waals surface area contributed by atoms with Gasteiger partial charge in [-0.1, -0.05) is 24.3 Å². The molecule has 0 fully saturated rings. The minimum atomic E-state index is -4.10. The average molecular weight is 257 g/mol. The van der Waals surface area contributed by atoms with Crippen LogP contribution in [-0.4, -0.2) is 13.0 Å². The van der Waals surface area contributed by atoms with Crippen LogP contribution in [0.2, 0.25) is 0 Å². The molecule has 0 spiro atoms. The monoisotopic (exact) mass is 257 g/mol. The molecule has 82 valence electrons. The number of benzene rings is 2. The molecule has 0 unspecified atom stereocenters. The number of aryl methyl sites for hydroxylation is 2. The summed E-state index contributed by atoms with van der Waals surface area (Å²) in [6.07, 6.45) is 1.53. The molecule has 3 rings (SSSR count). The van der Waals surface area contributed by atoms with Crippen LogP contribution in [0, 0.1) is 0 Å². The van der Waals surface area contributed by atoms with Gasteiger partial charge in [0.2, 0.25) is 0 Å². The van der Waals surface area contributed by atoms with Gasteiger partial charge in [-0.2, -0.15) is 8.42 Å². The number of hydrogen-bond acceptors (Lipinski definition) is 2. The molecule has 0 aliphatic heterocycles. The maximum absolute atomic E-state index is 11.2. The van der Waals surface area contributed by atoms with Crippen LogP contribution in [0.4, 0.5) is 0 Å². The van der Waals surface area contributed by atoms with Crippen LogP contribution in [-0.2, 0) is 23.0 Å². The van der Waals surface area contributed by atoms with Gasteiger partial charge < -0.3 is 0 Å². The van der Waals surface area contributed by atoms with Gasteiger partial charge in [0.05, 0.1) is 4.90 Å². The predicted octanol–water partition coefficient (Wildman–Crippen LogP) is -0.811. The Labute approximate surface area is 122 Å². The van der Waals surface area contributed by atoms with Gasteiger partial charge in [0, 0.05) is 0 Å². The molecule has 0 bridgehead atoms. The van der Waals surface area contributed by atoms with Crippen molar-refractivity contribution in [2.75, 3.05) is 0 Å². The van der Waals surface area contributed by atoms with E-state index in [1.807, 2.05) is 18.2 Å². The minimum absolute atomic E-state index is 0. The molecule has 0 saturated carbocycles. The van der Waals surface area contributed by atoms with E-state index in [1.165, 1.54) is 6.07 Å². The van der Waals surface area contributed by atoms with Crippen LogP contribution in [0.1, 0.15) is 11.1 Å². The first-order valence-corrected chi connectivity index (χ1v) is 6.52. The van der Waals surface area contributed by atoms with Crippen molar-refractivity contribution in [2.45, 2.75) is 17.7 Å².